The summed E-state index contributed by atoms with van der Waals surface area (Å²) in [5.41, 5.74) is -0.00566. The molecule has 3 aromatic rings. The zero-order chi connectivity index (χ0) is 21.2. The Hall–Kier alpha value is -3.63. The molecule has 2 N–H and O–H groups in total. The molecule has 0 bridgehead atoms. The maximum absolute atomic E-state index is 12.8. The Morgan fingerprint density at radius 3 is 2.69 bits per heavy atom. The number of alkyl halides is 3. The third kappa shape index (κ3) is 4.62. The number of carbonyl (C=O) groups excluding carboxylic acids is 1. The van der Waals surface area contributed by atoms with Crippen molar-refractivity contribution in [2.45, 2.75) is 25.7 Å². The van der Waals surface area contributed by atoms with Crippen LogP contribution < -0.4 is 5.32 Å². The van der Waals surface area contributed by atoms with Gasteiger partial charge >= 0.3 is 12.1 Å². The topological polar surface area (TPSA) is 102 Å². The lowest BCUT2D eigenvalue weighted by molar-refractivity contribution is -0.140. The number of nitrogens with zero attached hydrogens (tertiary/aromatic N) is 4. The minimum atomic E-state index is -4.44. The maximum Gasteiger partial charge on any atom is 0.416 e. The molecule has 2 heterocycles. The van der Waals surface area contributed by atoms with E-state index in [-0.39, 0.29) is 12.2 Å². The molecule has 0 aliphatic rings. The van der Waals surface area contributed by atoms with Crippen molar-refractivity contribution in [1.82, 2.24) is 19.6 Å². The Balaban J connectivity index is 1.71. The van der Waals surface area contributed by atoms with Crippen molar-refractivity contribution >= 4 is 17.6 Å². The summed E-state index contributed by atoms with van der Waals surface area (Å²) in [6, 6.07) is 5.22. The number of hydrogen-bond acceptors (Lipinski definition) is 4. The van der Waals surface area contributed by atoms with Crippen molar-refractivity contribution < 1.29 is 27.9 Å². The molecular weight excluding hydrogens is 391 g/mol. The van der Waals surface area contributed by atoms with Crippen LogP contribution in [0.4, 0.5) is 18.9 Å². The van der Waals surface area contributed by atoms with Crippen LogP contribution in [0, 0.1) is 0 Å². The van der Waals surface area contributed by atoms with E-state index in [0.717, 1.165) is 16.8 Å². The van der Waals surface area contributed by atoms with Gasteiger partial charge in [0.25, 0.3) is 5.91 Å². The molecule has 1 unspecified atom stereocenters. The van der Waals surface area contributed by atoms with E-state index in [1.165, 1.54) is 42.3 Å². The van der Waals surface area contributed by atoms with Gasteiger partial charge in [0.1, 0.15) is 11.7 Å². The van der Waals surface area contributed by atoms with Crippen molar-refractivity contribution in [3.8, 4) is 0 Å². The summed E-state index contributed by atoms with van der Waals surface area (Å²) < 4.78 is 40.9. The van der Waals surface area contributed by atoms with E-state index in [1.54, 1.807) is 6.07 Å². The van der Waals surface area contributed by atoms with Crippen LogP contribution in [0.1, 0.15) is 34.6 Å². The Kier molecular flexibility index (Phi) is 5.39. The number of rotatable bonds is 6. The Labute approximate surface area is 162 Å². The molecule has 0 saturated heterocycles. The maximum atomic E-state index is 12.8. The lowest BCUT2D eigenvalue weighted by Crippen LogP contribution is -2.24. The molecule has 1 amide bonds. The molecule has 0 radical (unpaired) electrons. The largest absolute Gasteiger partial charge is 0.480 e. The number of benzene rings is 1. The predicted molar refractivity (Wildman–Crippen MR) is 95.3 cm³/mol. The van der Waals surface area contributed by atoms with E-state index in [2.05, 4.69) is 15.5 Å². The zero-order valence-electron chi connectivity index (χ0n) is 15.1. The van der Waals surface area contributed by atoms with Gasteiger partial charge in [-0.25, -0.2) is 9.48 Å². The SMILES string of the molecule is CC(C(=O)O)n1nccc1C(=O)Nc1cnn(Cc2cccc(C(F)(F)F)c2)c1. The molecule has 3 rings (SSSR count). The normalized spacial score (nSPS) is 12.6. The van der Waals surface area contributed by atoms with Gasteiger partial charge in [-0.05, 0) is 30.7 Å². The van der Waals surface area contributed by atoms with Crippen LogP contribution in [0.5, 0.6) is 0 Å². The van der Waals surface area contributed by atoms with Crippen molar-refractivity contribution in [3.05, 3.63) is 65.7 Å². The van der Waals surface area contributed by atoms with Crippen molar-refractivity contribution in [2.75, 3.05) is 5.32 Å². The van der Waals surface area contributed by atoms with Crippen LogP contribution in [0.25, 0.3) is 0 Å². The first-order valence-corrected chi connectivity index (χ1v) is 8.41. The second-order valence-corrected chi connectivity index (χ2v) is 6.25. The molecule has 152 valence electrons. The van der Waals surface area contributed by atoms with Crippen LogP contribution in [0.2, 0.25) is 0 Å². The van der Waals surface area contributed by atoms with Crippen molar-refractivity contribution in [1.29, 1.82) is 0 Å². The summed E-state index contributed by atoms with van der Waals surface area (Å²) in [7, 11) is 0. The highest BCUT2D eigenvalue weighted by Gasteiger charge is 2.30. The third-order valence-corrected chi connectivity index (χ3v) is 4.12. The first kappa shape index (κ1) is 20.1. The van der Waals surface area contributed by atoms with E-state index in [9.17, 15) is 22.8 Å². The van der Waals surface area contributed by atoms with Crippen molar-refractivity contribution in [2.24, 2.45) is 0 Å². The highest BCUT2D eigenvalue weighted by Crippen LogP contribution is 2.29. The van der Waals surface area contributed by atoms with Crippen LogP contribution in [-0.4, -0.2) is 36.5 Å². The van der Waals surface area contributed by atoms with Gasteiger partial charge < -0.3 is 10.4 Å². The lowest BCUT2D eigenvalue weighted by Gasteiger charge is -2.11. The zero-order valence-corrected chi connectivity index (χ0v) is 15.1. The fraction of sp³-hybridized carbons (Fsp3) is 0.222. The van der Waals surface area contributed by atoms with Crippen LogP contribution in [-0.2, 0) is 17.5 Å². The van der Waals surface area contributed by atoms with Crippen LogP contribution in [0.3, 0.4) is 0 Å². The molecule has 8 nitrogen and oxygen atoms in total. The monoisotopic (exact) mass is 407 g/mol. The molecule has 11 heteroatoms. The van der Waals surface area contributed by atoms with E-state index in [1.807, 2.05) is 0 Å². The minimum Gasteiger partial charge on any atom is -0.480 e. The summed E-state index contributed by atoms with van der Waals surface area (Å²) in [5.74, 6) is -1.73. The number of carboxylic acid groups (broad SMARTS) is 1. The fourth-order valence-corrected chi connectivity index (χ4v) is 2.65. The Morgan fingerprint density at radius 2 is 2.00 bits per heavy atom. The van der Waals surface area contributed by atoms with E-state index >= 15 is 0 Å². The molecule has 1 atom stereocenters. The summed E-state index contributed by atoms with van der Waals surface area (Å²) in [5, 5.41) is 19.5. The second kappa shape index (κ2) is 7.78. The van der Waals surface area contributed by atoms with E-state index < -0.39 is 29.7 Å². The van der Waals surface area contributed by atoms with Gasteiger partial charge in [0, 0.05) is 12.4 Å². The van der Waals surface area contributed by atoms with Crippen molar-refractivity contribution in [3.63, 3.8) is 0 Å². The number of aromatic nitrogens is 4. The average Bonchev–Trinajstić information content (AvgIpc) is 3.30. The number of carboxylic acids is 1. The standard InChI is InChI=1S/C18H16F3N5O3/c1-11(17(28)29)26-15(5-6-22-26)16(27)24-14-8-23-25(10-14)9-12-3-2-4-13(7-12)18(19,20)21/h2-8,10-11H,9H2,1H3,(H,24,27)(H,28,29). The predicted octanol–water partition coefficient (Wildman–Crippen LogP) is 3.04. The fourth-order valence-electron chi connectivity index (χ4n) is 2.65. The lowest BCUT2D eigenvalue weighted by atomic mass is 10.1. The van der Waals surface area contributed by atoms with Crippen LogP contribution in [0.15, 0.2) is 48.9 Å². The molecule has 0 spiro atoms. The Morgan fingerprint density at radius 1 is 1.24 bits per heavy atom. The smallest absolute Gasteiger partial charge is 0.416 e. The molecule has 0 fully saturated rings. The number of halogens is 3. The first-order chi connectivity index (χ1) is 13.6. The van der Waals surface area contributed by atoms with Gasteiger partial charge in [0.05, 0.1) is 24.0 Å². The van der Waals surface area contributed by atoms with Gasteiger partial charge in [0.2, 0.25) is 0 Å². The molecule has 0 saturated carbocycles. The number of hydrogen-bond donors (Lipinski definition) is 2. The second-order valence-electron chi connectivity index (χ2n) is 6.25. The van der Waals surface area contributed by atoms with Crippen LogP contribution >= 0.6 is 0 Å². The molecule has 0 aliphatic heterocycles. The van der Waals surface area contributed by atoms with Gasteiger partial charge in [-0.2, -0.15) is 23.4 Å². The number of nitrogens with one attached hydrogen (secondary N) is 1. The van der Waals surface area contributed by atoms with E-state index in [0.29, 0.717) is 11.3 Å². The highest BCUT2D eigenvalue weighted by atomic mass is 19.4. The number of amides is 1. The van der Waals surface area contributed by atoms with Gasteiger partial charge in [-0.15, -0.1) is 0 Å². The summed E-state index contributed by atoms with van der Waals surface area (Å²) in [6.45, 7) is 1.47. The molecule has 1 aromatic carbocycles. The molecule has 0 aliphatic carbocycles. The van der Waals surface area contributed by atoms with E-state index in [4.69, 9.17) is 5.11 Å². The quantitative estimate of drug-likeness (QED) is 0.654. The average molecular weight is 407 g/mol. The molecular formula is C18H16F3N5O3. The molecule has 2 aromatic heterocycles. The number of carbonyl (C=O) groups is 2. The van der Waals surface area contributed by atoms with Gasteiger partial charge in [0.15, 0.2) is 0 Å². The minimum absolute atomic E-state index is 0.0468. The number of anilines is 1. The summed E-state index contributed by atoms with van der Waals surface area (Å²) in [4.78, 5) is 23.5. The van der Waals surface area contributed by atoms with Gasteiger partial charge in [-0.3, -0.25) is 9.48 Å². The number of aliphatic carboxylic acids is 1. The summed E-state index contributed by atoms with van der Waals surface area (Å²) >= 11 is 0. The Bertz CT molecular complexity index is 1040. The summed E-state index contributed by atoms with van der Waals surface area (Å²) in [6.07, 6.45) is -0.326. The first-order valence-electron chi connectivity index (χ1n) is 8.41. The molecule has 29 heavy (non-hydrogen) atoms. The van der Waals surface area contributed by atoms with Gasteiger partial charge in [-0.1, -0.05) is 12.1 Å². The third-order valence-electron chi connectivity index (χ3n) is 4.12. The highest BCUT2D eigenvalue weighted by molar-refractivity contribution is 6.03.